The van der Waals surface area contributed by atoms with Crippen molar-refractivity contribution < 1.29 is 0 Å². The van der Waals surface area contributed by atoms with E-state index in [4.69, 9.17) is 0 Å². The van der Waals surface area contributed by atoms with Crippen LogP contribution in [0.5, 0.6) is 0 Å². The van der Waals surface area contributed by atoms with Crippen LogP contribution in [-0.4, -0.2) is 6.21 Å². The summed E-state index contributed by atoms with van der Waals surface area (Å²) >= 11 is 0. The summed E-state index contributed by atoms with van der Waals surface area (Å²) < 4.78 is 0. The molecule has 0 atom stereocenters. The molecular formula is C12H15N. The minimum absolute atomic E-state index is 0.975. The fourth-order valence-corrected chi connectivity index (χ4v) is 1.18. The highest BCUT2D eigenvalue weighted by molar-refractivity contribution is 5.80. The summed E-state index contributed by atoms with van der Waals surface area (Å²) in [5.74, 6) is 0. The van der Waals surface area contributed by atoms with Gasteiger partial charge in [-0.3, -0.25) is 4.99 Å². The van der Waals surface area contributed by atoms with Crippen LogP contribution in [0.3, 0.4) is 0 Å². The predicted molar refractivity (Wildman–Crippen MR) is 58.9 cm³/mol. The monoisotopic (exact) mass is 173 g/mol. The quantitative estimate of drug-likeness (QED) is 0.606. The molecule has 0 bridgehead atoms. The zero-order chi connectivity index (χ0) is 9.84. The van der Waals surface area contributed by atoms with Gasteiger partial charge in [-0.15, -0.1) is 0 Å². The highest BCUT2D eigenvalue weighted by Gasteiger charge is 1.97. The zero-order valence-electron chi connectivity index (χ0n) is 8.46. The average Bonchev–Trinajstić information content (AvgIpc) is 2.03. The summed E-state index contributed by atoms with van der Waals surface area (Å²) in [5, 5.41) is 0. The summed E-state index contributed by atoms with van der Waals surface area (Å²) in [5.41, 5.74) is 4.45. The third kappa shape index (κ3) is 2.55. The van der Waals surface area contributed by atoms with Crippen molar-refractivity contribution in [2.45, 2.75) is 20.8 Å². The molecule has 0 aromatic heterocycles. The second kappa shape index (κ2) is 4.04. The summed E-state index contributed by atoms with van der Waals surface area (Å²) in [6, 6.07) is 6.18. The Morgan fingerprint density at radius 1 is 1.31 bits per heavy atom. The Morgan fingerprint density at radius 3 is 2.31 bits per heavy atom. The summed E-state index contributed by atoms with van der Waals surface area (Å²) in [6.45, 7) is 9.86. The first-order valence-electron chi connectivity index (χ1n) is 4.37. The van der Waals surface area contributed by atoms with E-state index in [1.54, 1.807) is 6.21 Å². The van der Waals surface area contributed by atoms with Crippen LogP contribution >= 0.6 is 0 Å². The first-order chi connectivity index (χ1) is 6.11. The number of nitrogens with zero attached hydrogens (tertiary/aromatic N) is 1. The second-order valence-electron chi connectivity index (χ2n) is 3.34. The van der Waals surface area contributed by atoms with Crippen LogP contribution in [-0.2, 0) is 0 Å². The smallest absolute Gasteiger partial charge is 0.0688 e. The lowest BCUT2D eigenvalue weighted by atomic mass is 10.1. The molecule has 1 aromatic rings. The van der Waals surface area contributed by atoms with Crippen molar-refractivity contribution in [1.82, 2.24) is 0 Å². The van der Waals surface area contributed by atoms with E-state index in [1.165, 1.54) is 11.1 Å². The molecule has 0 aliphatic rings. The number of rotatable bonds is 2. The third-order valence-corrected chi connectivity index (χ3v) is 1.85. The molecule has 0 amide bonds. The molecule has 0 fully saturated rings. The first-order valence-corrected chi connectivity index (χ1v) is 4.37. The van der Waals surface area contributed by atoms with Gasteiger partial charge in [0.2, 0.25) is 0 Å². The molecule has 0 heterocycles. The third-order valence-electron chi connectivity index (χ3n) is 1.85. The minimum atomic E-state index is 0.975. The topological polar surface area (TPSA) is 12.4 Å². The van der Waals surface area contributed by atoms with Crippen LogP contribution in [0, 0.1) is 13.8 Å². The largest absolute Gasteiger partial charge is 0.256 e. The van der Waals surface area contributed by atoms with Crippen molar-refractivity contribution in [1.29, 1.82) is 0 Å². The van der Waals surface area contributed by atoms with Gasteiger partial charge >= 0.3 is 0 Å². The van der Waals surface area contributed by atoms with Gasteiger partial charge in [-0.05, 0) is 37.5 Å². The lowest BCUT2D eigenvalue weighted by molar-refractivity contribution is 1.33. The maximum absolute atomic E-state index is 4.38. The molecule has 1 aromatic carbocycles. The van der Waals surface area contributed by atoms with Crippen LogP contribution < -0.4 is 0 Å². The highest BCUT2D eigenvalue weighted by atomic mass is 14.7. The van der Waals surface area contributed by atoms with Gasteiger partial charge < -0.3 is 0 Å². The molecule has 0 saturated heterocycles. The zero-order valence-corrected chi connectivity index (χ0v) is 8.46. The lowest BCUT2D eigenvalue weighted by Crippen LogP contribution is -1.81. The van der Waals surface area contributed by atoms with Crippen LogP contribution in [0.2, 0.25) is 0 Å². The van der Waals surface area contributed by atoms with Gasteiger partial charge in [-0.1, -0.05) is 24.8 Å². The van der Waals surface area contributed by atoms with Crippen molar-refractivity contribution in [3.05, 3.63) is 41.5 Å². The number of hydrogen-bond acceptors (Lipinski definition) is 1. The Hall–Kier alpha value is -1.37. The molecule has 0 N–H and O–H groups in total. The molecule has 1 heteroatoms. The van der Waals surface area contributed by atoms with Crippen LogP contribution in [0.15, 0.2) is 35.3 Å². The number of aliphatic imine (C=N–C) groups is 1. The van der Waals surface area contributed by atoms with Crippen molar-refractivity contribution in [3.63, 3.8) is 0 Å². The molecule has 0 spiro atoms. The van der Waals surface area contributed by atoms with Gasteiger partial charge in [-0.25, -0.2) is 0 Å². The van der Waals surface area contributed by atoms with E-state index in [0.29, 0.717) is 0 Å². The van der Waals surface area contributed by atoms with E-state index in [2.05, 4.69) is 37.6 Å². The molecule has 0 radical (unpaired) electrons. The Labute approximate surface area is 79.8 Å². The molecule has 0 saturated carbocycles. The van der Waals surface area contributed by atoms with Crippen molar-refractivity contribution >= 4 is 11.9 Å². The Balaban J connectivity index is 3.06. The number of aryl methyl sites for hydroxylation is 2. The van der Waals surface area contributed by atoms with Gasteiger partial charge in [0.05, 0.1) is 5.69 Å². The van der Waals surface area contributed by atoms with E-state index in [9.17, 15) is 0 Å². The van der Waals surface area contributed by atoms with E-state index in [-0.39, 0.29) is 0 Å². The normalized spacial score (nSPS) is 10.7. The molecule has 0 aliphatic heterocycles. The number of para-hydroxylation sites is 1. The van der Waals surface area contributed by atoms with E-state index in [0.717, 1.165) is 11.3 Å². The number of benzene rings is 1. The van der Waals surface area contributed by atoms with Crippen LogP contribution in [0.25, 0.3) is 0 Å². The van der Waals surface area contributed by atoms with Gasteiger partial charge in [0.25, 0.3) is 0 Å². The standard InChI is InChI=1S/C12H15N/c1-9(2)8-13-12-10(3)6-5-7-11(12)4/h5-8H,1H2,2-4H3. The van der Waals surface area contributed by atoms with Crippen molar-refractivity contribution in [2.24, 2.45) is 4.99 Å². The van der Waals surface area contributed by atoms with Crippen molar-refractivity contribution in [2.75, 3.05) is 0 Å². The molecule has 1 nitrogen and oxygen atoms in total. The van der Waals surface area contributed by atoms with Gasteiger partial charge in [0.1, 0.15) is 0 Å². The molecule has 0 unspecified atom stereocenters. The summed E-state index contributed by atoms with van der Waals surface area (Å²) in [7, 11) is 0. The Bertz CT molecular complexity index is 328. The summed E-state index contributed by atoms with van der Waals surface area (Å²) in [4.78, 5) is 4.38. The average molecular weight is 173 g/mol. The highest BCUT2D eigenvalue weighted by Crippen LogP contribution is 2.22. The predicted octanol–water partition coefficient (Wildman–Crippen LogP) is 3.58. The number of allylic oxidation sites excluding steroid dienone is 1. The molecule has 68 valence electrons. The fraction of sp³-hybridized carbons (Fsp3) is 0.250. The van der Waals surface area contributed by atoms with Crippen LogP contribution in [0.4, 0.5) is 5.69 Å². The van der Waals surface area contributed by atoms with Gasteiger partial charge in [0, 0.05) is 6.21 Å². The van der Waals surface area contributed by atoms with Gasteiger partial charge in [-0.2, -0.15) is 0 Å². The van der Waals surface area contributed by atoms with Crippen LogP contribution in [0.1, 0.15) is 18.1 Å². The molecular weight excluding hydrogens is 158 g/mol. The van der Waals surface area contributed by atoms with Crippen molar-refractivity contribution in [3.8, 4) is 0 Å². The molecule has 1 rings (SSSR count). The number of hydrogen-bond donors (Lipinski definition) is 0. The van der Waals surface area contributed by atoms with E-state index in [1.807, 2.05) is 13.0 Å². The maximum atomic E-state index is 4.38. The van der Waals surface area contributed by atoms with E-state index >= 15 is 0 Å². The fourth-order valence-electron chi connectivity index (χ4n) is 1.18. The van der Waals surface area contributed by atoms with Gasteiger partial charge in [0.15, 0.2) is 0 Å². The minimum Gasteiger partial charge on any atom is -0.256 e. The second-order valence-corrected chi connectivity index (χ2v) is 3.34. The lowest BCUT2D eigenvalue weighted by Gasteiger charge is -2.02. The summed E-state index contributed by atoms with van der Waals surface area (Å²) in [6.07, 6.45) is 1.80. The van der Waals surface area contributed by atoms with E-state index < -0.39 is 0 Å². The molecule has 13 heavy (non-hydrogen) atoms. The maximum Gasteiger partial charge on any atom is 0.0688 e. The SMILES string of the molecule is C=C(C)C=Nc1c(C)cccc1C. The first kappa shape index (κ1) is 9.72. The Morgan fingerprint density at radius 2 is 1.85 bits per heavy atom. The Kier molecular flexibility index (Phi) is 3.02. The molecule has 0 aliphatic carbocycles.